The van der Waals surface area contributed by atoms with E-state index in [1.807, 2.05) is 42.5 Å². The fourth-order valence-electron chi connectivity index (χ4n) is 2.92. The molecule has 1 atom stereocenters. The van der Waals surface area contributed by atoms with Crippen LogP contribution in [0.4, 0.5) is 4.79 Å². The zero-order valence-electron chi connectivity index (χ0n) is 13.5. The van der Waals surface area contributed by atoms with Crippen molar-refractivity contribution in [3.8, 4) is 11.8 Å². The topological polar surface area (TPSA) is 82.4 Å². The van der Waals surface area contributed by atoms with Crippen molar-refractivity contribution in [1.29, 1.82) is 5.26 Å². The maximum absolute atomic E-state index is 12.7. The van der Waals surface area contributed by atoms with Crippen LogP contribution in [0.5, 0.6) is 5.75 Å². The molecule has 24 heavy (non-hydrogen) atoms. The van der Waals surface area contributed by atoms with Crippen molar-refractivity contribution in [2.75, 3.05) is 13.7 Å². The summed E-state index contributed by atoms with van der Waals surface area (Å²) in [4.78, 5) is 25.9. The van der Waals surface area contributed by atoms with Crippen LogP contribution in [-0.4, -0.2) is 30.5 Å². The summed E-state index contributed by atoms with van der Waals surface area (Å²) in [6.45, 7) is 1.78. The van der Waals surface area contributed by atoms with E-state index in [1.54, 1.807) is 14.0 Å². The molecule has 1 N–H and O–H groups in total. The molecule has 1 saturated heterocycles. The molecule has 0 saturated carbocycles. The molecule has 2 aromatic carbocycles. The van der Waals surface area contributed by atoms with Gasteiger partial charge in [-0.2, -0.15) is 5.26 Å². The minimum Gasteiger partial charge on any atom is -0.497 e. The lowest BCUT2D eigenvalue weighted by molar-refractivity contribution is -0.131. The largest absolute Gasteiger partial charge is 0.497 e. The highest BCUT2D eigenvalue weighted by Gasteiger charge is 2.48. The van der Waals surface area contributed by atoms with Gasteiger partial charge in [-0.25, -0.2) is 4.79 Å². The standard InChI is InChI=1S/C18H17N3O3/c1-18(16(22)21(9-3-8-19)17(23)20-18)14-6-4-13-11-15(24-2)7-5-12(13)10-14/h4-7,10-11H,3,9H2,1-2H3,(H,20,23). The summed E-state index contributed by atoms with van der Waals surface area (Å²) in [5.41, 5.74) is -0.418. The fourth-order valence-corrected chi connectivity index (χ4v) is 2.92. The zero-order valence-corrected chi connectivity index (χ0v) is 13.5. The van der Waals surface area contributed by atoms with Crippen molar-refractivity contribution in [2.45, 2.75) is 18.9 Å². The molecule has 1 fully saturated rings. The molecule has 2 aromatic rings. The lowest BCUT2D eigenvalue weighted by atomic mass is 9.90. The van der Waals surface area contributed by atoms with E-state index in [0.717, 1.165) is 21.4 Å². The van der Waals surface area contributed by atoms with Gasteiger partial charge in [0.05, 0.1) is 19.6 Å². The van der Waals surface area contributed by atoms with Gasteiger partial charge in [-0.05, 0) is 41.5 Å². The Morgan fingerprint density at radius 1 is 1.21 bits per heavy atom. The first-order chi connectivity index (χ1) is 11.5. The first-order valence-electron chi connectivity index (χ1n) is 7.59. The van der Waals surface area contributed by atoms with Crippen LogP contribution in [0, 0.1) is 11.3 Å². The number of nitrogens with zero attached hydrogens (tertiary/aromatic N) is 2. The second-order valence-electron chi connectivity index (χ2n) is 5.85. The average molecular weight is 323 g/mol. The summed E-state index contributed by atoms with van der Waals surface area (Å²) < 4.78 is 5.21. The average Bonchev–Trinajstić information content (AvgIpc) is 2.82. The van der Waals surface area contributed by atoms with Gasteiger partial charge in [0.25, 0.3) is 5.91 Å². The van der Waals surface area contributed by atoms with E-state index in [1.165, 1.54) is 0 Å². The van der Waals surface area contributed by atoms with E-state index < -0.39 is 11.6 Å². The van der Waals surface area contributed by atoms with Gasteiger partial charge in [0.2, 0.25) is 0 Å². The Labute approximate surface area is 139 Å². The number of amides is 3. The molecule has 1 heterocycles. The third-order valence-electron chi connectivity index (χ3n) is 4.35. The van der Waals surface area contributed by atoms with Crippen LogP contribution in [0.1, 0.15) is 18.9 Å². The molecular weight excluding hydrogens is 306 g/mol. The molecule has 1 aliphatic heterocycles. The van der Waals surface area contributed by atoms with Gasteiger partial charge < -0.3 is 10.1 Å². The van der Waals surface area contributed by atoms with Crippen LogP contribution >= 0.6 is 0 Å². The smallest absolute Gasteiger partial charge is 0.325 e. The normalized spacial score (nSPS) is 20.1. The van der Waals surface area contributed by atoms with E-state index >= 15 is 0 Å². The highest BCUT2D eigenvalue weighted by atomic mass is 16.5. The third-order valence-corrected chi connectivity index (χ3v) is 4.35. The summed E-state index contributed by atoms with van der Waals surface area (Å²) in [5.74, 6) is 0.421. The van der Waals surface area contributed by atoms with E-state index in [-0.39, 0.29) is 18.9 Å². The fraction of sp³-hybridized carbons (Fsp3) is 0.278. The van der Waals surface area contributed by atoms with Gasteiger partial charge in [-0.15, -0.1) is 0 Å². The van der Waals surface area contributed by atoms with E-state index in [9.17, 15) is 9.59 Å². The van der Waals surface area contributed by atoms with E-state index in [4.69, 9.17) is 10.00 Å². The number of rotatable bonds is 4. The van der Waals surface area contributed by atoms with Crippen LogP contribution in [0.2, 0.25) is 0 Å². The van der Waals surface area contributed by atoms with Crippen LogP contribution in [0.3, 0.4) is 0 Å². The second kappa shape index (κ2) is 5.85. The minimum atomic E-state index is -1.12. The third kappa shape index (κ3) is 2.44. The van der Waals surface area contributed by atoms with Gasteiger partial charge in [0, 0.05) is 6.54 Å². The Balaban J connectivity index is 1.98. The first kappa shape index (κ1) is 15.8. The molecule has 3 rings (SSSR count). The quantitative estimate of drug-likeness (QED) is 0.877. The number of urea groups is 1. The van der Waals surface area contributed by atoms with Crippen molar-refractivity contribution in [1.82, 2.24) is 10.2 Å². The molecule has 122 valence electrons. The van der Waals surface area contributed by atoms with Gasteiger partial charge in [-0.3, -0.25) is 9.69 Å². The molecule has 0 spiro atoms. The lowest BCUT2D eigenvalue weighted by Gasteiger charge is -2.22. The molecule has 0 radical (unpaired) electrons. The number of fused-ring (bicyclic) bond motifs is 1. The Morgan fingerprint density at radius 2 is 1.92 bits per heavy atom. The number of nitriles is 1. The van der Waals surface area contributed by atoms with Gasteiger partial charge in [-0.1, -0.05) is 18.2 Å². The van der Waals surface area contributed by atoms with Gasteiger partial charge in [0.1, 0.15) is 11.3 Å². The number of benzene rings is 2. The second-order valence-corrected chi connectivity index (χ2v) is 5.85. The number of carbonyl (C=O) groups excluding carboxylic acids is 2. The summed E-state index contributed by atoms with van der Waals surface area (Å²) in [6.07, 6.45) is 0.118. The maximum Gasteiger partial charge on any atom is 0.325 e. The van der Waals surface area contributed by atoms with Crippen molar-refractivity contribution in [2.24, 2.45) is 0 Å². The highest BCUT2D eigenvalue weighted by molar-refractivity contribution is 6.07. The number of methoxy groups -OCH3 is 1. The van der Waals surface area contributed by atoms with Crippen molar-refractivity contribution in [3.63, 3.8) is 0 Å². The summed E-state index contributed by atoms with van der Waals surface area (Å²) in [7, 11) is 1.61. The molecule has 1 aliphatic rings. The number of imide groups is 1. The Bertz CT molecular complexity index is 871. The van der Waals surface area contributed by atoms with Gasteiger partial charge >= 0.3 is 6.03 Å². The molecule has 0 aliphatic carbocycles. The number of carbonyl (C=O) groups is 2. The maximum atomic E-state index is 12.7. The SMILES string of the molecule is COc1ccc2cc(C3(C)NC(=O)N(CCC#N)C3=O)ccc2c1. The molecule has 0 aromatic heterocycles. The number of nitrogens with one attached hydrogen (secondary N) is 1. The molecule has 1 unspecified atom stereocenters. The first-order valence-corrected chi connectivity index (χ1v) is 7.59. The predicted octanol–water partition coefficient (Wildman–Crippen LogP) is 2.53. The Kier molecular flexibility index (Phi) is 3.86. The van der Waals surface area contributed by atoms with Crippen LogP contribution in [0.15, 0.2) is 36.4 Å². The lowest BCUT2D eigenvalue weighted by Crippen LogP contribution is -2.41. The zero-order chi connectivity index (χ0) is 17.3. The molecule has 0 bridgehead atoms. The number of ether oxygens (including phenoxy) is 1. The molecule has 6 heteroatoms. The molecule has 6 nitrogen and oxygen atoms in total. The predicted molar refractivity (Wildman–Crippen MR) is 88.3 cm³/mol. The highest BCUT2D eigenvalue weighted by Crippen LogP contribution is 2.32. The Hall–Kier alpha value is -3.07. The van der Waals surface area contributed by atoms with Crippen molar-refractivity contribution in [3.05, 3.63) is 42.0 Å². The Morgan fingerprint density at radius 3 is 2.62 bits per heavy atom. The van der Waals surface area contributed by atoms with Crippen LogP contribution < -0.4 is 10.1 Å². The van der Waals surface area contributed by atoms with E-state index in [2.05, 4.69) is 5.32 Å². The summed E-state index contributed by atoms with van der Waals surface area (Å²) >= 11 is 0. The number of hydrogen-bond donors (Lipinski definition) is 1. The monoisotopic (exact) mass is 323 g/mol. The van der Waals surface area contributed by atoms with Crippen LogP contribution in [-0.2, 0) is 10.3 Å². The molecular formula is C18H17N3O3. The van der Waals surface area contributed by atoms with Crippen LogP contribution in [0.25, 0.3) is 10.8 Å². The summed E-state index contributed by atoms with van der Waals surface area (Å²) in [6, 6.07) is 12.8. The van der Waals surface area contributed by atoms with E-state index in [0.29, 0.717) is 5.56 Å². The van der Waals surface area contributed by atoms with Crippen molar-refractivity contribution < 1.29 is 14.3 Å². The summed E-state index contributed by atoms with van der Waals surface area (Å²) in [5, 5.41) is 13.4. The van der Waals surface area contributed by atoms with Gasteiger partial charge in [0.15, 0.2) is 0 Å². The number of hydrogen-bond acceptors (Lipinski definition) is 4. The minimum absolute atomic E-state index is 0.0987. The van der Waals surface area contributed by atoms with Crippen molar-refractivity contribution >= 4 is 22.7 Å². The molecule has 3 amide bonds.